The third-order valence-electron chi connectivity index (χ3n) is 4.24. The molecule has 2 heterocycles. The molecule has 0 spiro atoms. The normalized spacial score (nSPS) is 13.7. The molecule has 0 aliphatic carbocycles. The minimum Gasteiger partial charge on any atom is -0.348 e. The molecule has 6 nitrogen and oxygen atoms in total. The molecular weight excluding hydrogens is 316 g/mol. The Labute approximate surface area is 147 Å². The fraction of sp³-hybridized carbons (Fsp3) is 0.421. The lowest BCUT2D eigenvalue weighted by Crippen LogP contribution is -2.39. The molecule has 0 saturated carbocycles. The molecule has 3 rings (SSSR count). The summed E-state index contributed by atoms with van der Waals surface area (Å²) in [5.41, 5.74) is 3.50. The second-order valence-corrected chi connectivity index (χ2v) is 6.85. The maximum Gasteiger partial charge on any atom is 0.271 e. The lowest BCUT2D eigenvalue weighted by atomic mass is 10.1. The second kappa shape index (κ2) is 7.09. The van der Waals surface area contributed by atoms with E-state index in [0.29, 0.717) is 31.7 Å². The zero-order chi connectivity index (χ0) is 18.0. The highest BCUT2D eigenvalue weighted by atomic mass is 16.2. The van der Waals surface area contributed by atoms with Gasteiger partial charge >= 0.3 is 0 Å². The first-order chi connectivity index (χ1) is 11.9. The topological polar surface area (TPSA) is 67.2 Å². The first-order valence-electron chi connectivity index (χ1n) is 8.63. The molecular formula is C19H24N4O2. The van der Waals surface area contributed by atoms with Crippen molar-refractivity contribution >= 4 is 11.8 Å². The number of hydrogen-bond acceptors (Lipinski definition) is 3. The van der Waals surface area contributed by atoms with Crippen molar-refractivity contribution in [3.05, 3.63) is 52.8 Å². The molecule has 0 radical (unpaired) electrons. The highest BCUT2D eigenvalue weighted by Crippen LogP contribution is 2.16. The van der Waals surface area contributed by atoms with Crippen LogP contribution in [0.1, 0.15) is 41.2 Å². The van der Waals surface area contributed by atoms with Crippen LogP contribution in [0.3, 0.4) is 0 Å². The average Bonchev–Trinajstić information content (AvgIpc) is 2.97. The van der Waals surface area contributed by atoms with Gasteiger partial charge in [-0.2, -0.15) is 5.10 Å². The standard InChI is InChI=1S/C19H24N4O2/c1-13(2)20-19(25)17-11-16-12-22(7-8-23(16)21-17)18(24)10-15-6-4-5-14(3)9-15/h4-6,9,11,13H,7-8,10,12H2,1-3H3,(H,20,25). The Hall–Kier alpha value is -2.63. The van der Waals surface area contributed by atoms with Crippen LogP contribution < -0.4 is 5.32 Å². The van der Waals surface area contributed by atoms with Gasteiger partial charge in [-0.15, -0.1) is 0 Å². The van der Waals surface area contributed by atoms with Crippen LogP contribution in [0.2, 0.25) is 0 Å². The van der Waals surface area contributed by atoms with Gasteiger partial charge in [-0.1, -0.05) is 29.8 Å². The smallest absolute Gasteiger partial charge is 0.271 e. The summed E-state index contributed by atoms with van der Waals surface area (Å²) in [5.74, 6) is -0.0687. The van der Waals surface area contributed by atoms with Crippen LogP contribution in [-0.2, 0) is 24.3 Å². The molecule has 1 aromatic heterocycles. The van der Waals surface area contributed by atoms with Crippen molar-refractivity contribution in [3.63, 3.8) is 0 Å². The van der Waals surface area contributed by atoms with Crippen LogP contribution in [0, 0.1) is 6.92 Å². The van der Waals surface area contributed by atoms with Crippen molar-refractivity contribution in [2.75, 3.05) is 6.54 Å². The fourth-order valence-corrected chi connectivity index (χ4v) is 3.03. The maximum absolute atomic E-state index is 12.6. The number of amides is 2. The van der Waals surface area contributed by atoms with E-state index in [4.69, 9.17) is 0 Å². The summed E-state index contributed by atoms with van der Waals surface area (Å²) in [6, 6.07) is 9.87. The quantitative estimate of drug-likeness (QED) is 0.924. The van der Waals surface area contributed by atoms with Crippen molar-refractivity contribution < 1.29 is 9.59 Å². The number of nitrogens with zero attached hydrogens (tertiary/aromatic N) is 3. The molecule has 1 aromatic carbocycles. The van der Waals surface area contributed by atoms with Gasteiger partial charge in [-0.25, -0.2) is 0 Å². The van der Waals surface area contributed by atoms with Gasteiger partial charge in [-0.05, 0) is 32.4 Å². The molecule has 0 saturated heterocycles. The van der Waals surface area contributed by atoms with Crippen LogP contribution in [0.5, 0.6) is 0 Å². The van der Waals surface area contributed by atoms with Crippen LogP contribution in [0.4, 0.5) is 0 Å². The lowest BCUT2D eigenvalue weighted by molar-refractivity contribution is -0.132. The number of hydrogen-bond donors (Lipinski definition) is 1. The maximum atomic E-state index is 12.6. The van der Waals surface area contributed by atoms with E-state index in [1.807, 2.05) is 54.6 Å². The summed E-state index contributed by atoms with van der Waals surface area (Å²) in [4.78, 5) is 26.5. The predicted octanol–water partition coefficient (Wildman–Crippen LogP) is 1.91. The largest absolute Gasteiger partial charge is 0.348 e. The van der Waals surface area contributed by atoms with Gasteiger partial charge < -0.3 is 10.2 Å². The van der Waals surface area contributed by atoms with Crippen LogP contribution in [0.25, 0.3) is 0 Å². The predicted molar refractivity (Wildman–Crippen MR) is 95.1 cm³/mol. The van der Waals surface area contributed by atoms with Gasteiger partial charge in [0.25, 0.3) is 5.91 Å². The molecule has 1 aliphatic heterocycles. The summed E-state index contributed by atoms with van der Waals surface area (Å²) < 4.78 is 1.83. The van der Waals surface area contributed by atoms with Crippen molar-refractivity contribution in [3.8, 4) is 0 Å². The molecule has 0 bridgehead atoms. The summed E-state index contributed by atoms with van der Waals surface area (Å²) in [6.07, 6.45) is 0.399. The van der Waals surface area contributed by atoms with E-state index >= 15 is 0 Å². The average molecular weight is 340 g/mol. The Morgan fingerprint density at radius 3 is 2.76 bits per heavy atom. The first-order valence-corrected chi connectivity index (χ1v) is 8.63. The summed E-state index contributed by atoms with van der Waals surface area (Å²) >= 11 is 0. The lowest BCUT2D eigenvalue weighted by Gasteiger charge is -2.27. The summed E-state index contributed by atoms with van der Waals surface area (Å²) in [6.45, 7) is 7.58. The van der Waals surface area contributed by atoms with E-state index in [0.717, 1.165) is 16.8 Å². The Morgan fingerprint density at radius 1 is 1.24 bits per heavy atom. The number of aryl methyl sites for hydroxylation is 1. The first kappa shape index (κ1) is 17.2. The molecule has 25 heavy (non-hydrogen) atoms. The van der Waals surface area contributed by atoms with Gasteiger partial charge in [0.1, 0.15) is 0 Å². The van der Waals surface area contributed by atoms with Gasteiger partial charge in [0.2, 0.25) is 5.91 Å². The van der Waals surface area contributed by atoms with Gasteiger partial charge in [-0.3, -0.25) is 14.3 Å². The highest BCUT2D eigenvalue weighted by molar-refractivity contribution is 5.92. The minimum atomic E-state index is -0.172. The number of benzene rings is 1. The molecule has 2 aromatic rings. The van der Waals surface area contributed by atoms with E-state index in [1.54, 1.807) is 6.07 Å². The number of fused-ring (bicyclic) bond motifs is 1. The SMILES string of the molecule is Cc1cccc(CC(=O)N2CCn3nc(C(=O)NC(C)C)cc3C2)c1. The van der Waals surface area contributed by atoms with Gasteiger partial charge in [0.15, 0.2) is 5.69 Å². The zero-order valence-electron chi connectivity index (χ0n) is 15.0. The van der Waals surface area contributed by atoms with Crippen molar-refractivity contribution in [2.24, 2.45) is 0 Å². The van der Waals surface area contributed by atoms with Crippen molar-refractivity contribution in [1.82, 2.24) is 20.0 Å². The van der Waals surface area contributed by atoms with Crippen LogP contribution >= 0.6 is 0 Å². The number of carbonyl (C=O) groups is 2. The summed E-state index contributed by atoms with van der Waals surface area (Å²) in [5, 5.41) is 7.20. The van der Waals surface area contributed by atoms with Crippen molar-refractivity contribution in [1.29, 1.82) is 0 Å². The highest BCUT2D eigenvalue weighted by Gasteiger charge is 2.24. The fourth-order valence-electron chi connectivity index (χ4n) is 3.03. The Balaban J connectivity index is 1.67. The van der Waals surface area contributed by atoms with E-state index in [-0.39, 0.29) is 17.9 Å². The Kier molecular flexibility index (Phi) is 4.88. The third kappa shape index (κ3) is 4.07. The third-order valence-corrected chi connectivity index (χ3v) is 4.24. The van der Waals surface area contributed by atoms with E-state index in [2.05, 4.69) is 10.4 Å². The molecule has 1 N–H and O–H groups in total. The molecule has 2 amide bonds. The van der Waals surface area contributed by atoms with Gasteiger partial charge in [0.05, 0.1) is 25.2 Å². The zero-order valence-corrected chi connectivity index (χ0v) is 15.0. The van der Waals surface area contributed by atoms with E-state index in [9.17, 15) is 9.59 Å². The van der Waals surface area contributed by atoms with E-state index in [1.165, 1.54) is 0 Å². The number of nitrogens with one attached hydrogen (secondary N) is 1. The molecule has 1 aliphatic rings. The van der Waals surface area contributed by atoms with Crippen LogP contribution in [-0.4, -0.2) is 39.1 Å². The molecule has 132 valence electrons. The Morgan fingerprint density at radius 2 is 2.04 bits per heavy atom. The number of aromatic nitrogens is 2. The van der Waals surface area contributed by atoms with Gasteiger partial charge in [0, 0.05) is 12.6 Å². The van der Waals surface area contributed by atoms with Crippen LogP contribution in [0.15, 0.2) is 30.3 Å². The van der Waals surface area contributed by atoms with Crippen molar-refractivity contribution in [2.45, 2.75) is 46.3 Å². The summed E-state index contributed by atoms with van der Waals surface area (Å²) in [7, 11) is 0. The minimum absolute atomic E-state index is 0.0682. The molecule has 0 fully saturated rings. The monoisotopic (exact) mass is 340 g/mol. The Bertz CT molecular complexity index is 794. The number of rotatable bonds is 4. The number of carbonyl (C=O) groups excluding carboxylic acids is 2. The molecule has 0 unspecified atom stereocenters. The second-order valence-electron chi connectivity index (χ2n) is 6.85. The molecule has 6 heteroatoms. The van der Waals surface area contributed by atoms with E-state index < -0.39 is 0 Å². The molecule has 0 atom stereocenters.